The molecule has 0 saturated carbocycles. The summed E-state index contributed by atoms with van der Waals surface area (Å²) in [4.78, 5) is 25.4. The first kappa shape index (κ1) is 56.2. The molecule has 0 fully saturated rings. The van der Waals surface area contributed by atoms with Gasteiger partial charge in [0.15, 0.2) is 0 Å². The molecule has 340 valence electrons. The summed E-state index contributed by atoms with van der Waals surface area (Å²) >= 11 is 0. The lowest BCUT2D eigenvalue weighted by atomic mass is 10.0. The first-order valence-electron chi connectivity index (χ1n) is 24.6. The first-order chi connectivity index (χ1) is 27.5. The van der Waals surface area contributed by atoms with Crippen molar-refractivity contribution in [1.82, 2.24) is 5.32 Å². The Kier molecular flexibility index (Phi) is 40.1. The predicted octanol–water partition coefficient (Wildman–Crippen LogP) is 13.3. The van der Waals surface area contributed by atoms with E-state index in [0.717, 1.165) is 38.5 Å². The highest BCUT2D eigenvalue weighted by atomic mass is 31.2. The Morgan fingerprint density at radius 1 is 0.596 bits per heavy atom. The smallest absolute Gasteiger partial charge is 0.268 e. The number of aliphatic hydroxyl groups is 1. The second-order valence-electron chi connectivity index (χ2n) is 18.2. The van der Waals surface area contributed by atoms with Gasteiger partial charge in [0.2, 0.25) is 5.91 Å². The first-order valence-corrected chi connectivity index (χ1v) is 26.0. The molecule has 1 amide bonds. The van der Waals surface area contributed by atoms with Crippen molar-refractivity contribution < 1.29 is 32.9 Å². The maximum atomic E-state index is 12.9. The zero-order chi connectivity index (χ0) is 42.1. The van der Waals surface area contributed by atoms with Crippen molar-refractivity contribution in [1.29, 1.82) is 0 Å². The number of hydrogen-bond acceptors (Lipinski definition) is 6. The molecule has 0 spiro atoms. The molecule has 0 radical (unpaired) electrons. The van der Waals surface area contributed by atoms with E-state index in [1.54, 1.807) is 6.08 Å². The molecule has 0 aromatic carbocycles. The van der Waals surface area contributed by atoms with E-state index in [1.807, 2.05) is 27.2 Å². The summed E-state index contributed by atoms with van der Waals surface area (Å²) in [7, 11) is 1.27. The van der Waals surface area contributed by atoms with Crippen LogP contribution in [0, 0.1) is 0 Å². The Balaban J connectivity index is 4.33. The molecule has 0 aromatic heterocycles. The number of aliphatic hydroxyl groups excluding tert-OH is 1. The second kappa shape index (κ2) is 40.6. The molecule has 0 saturated heterocycles. The third-order valence-electron chi connectivity index (χ3n) is 11.2. The molecular formula is C48H97N2O6P. The van der Waals surface area contributed by atoms with Crippen LogP contribution in [-0.4, -0.2) is 68.5 Å². The van der Waals surface area contributed by atoms with Crippen molar-refractivity contribution in [3.63, 3.8) is 0 Å². The Morgan fingerprint density at radius 2 is 0.947 bits per heavy atom. The molecule has 0 aliphatic rings. The fourth-order valence-corrected chi connectivity index (χ4v) is 8.05. The highest BCUT2D eigenvalue weighted by molar-refractivity contribution is 7.45. The van der Waals surface area contributed by atoms with Gasteiger partial charge in [-0.25, -0.2) is 0 Å². The van der Waals surface area contributed by atoms with Crippen molar-refractivity contribution in [2.45, 2.75) is 251 Å². The van der Waals surface area contributed by atoms with Gasteiger partial charge in [-0.1, -0.05) is 225 Å². The standard InChI is InChI=1S/C48H97N2O6P/c1-6-8-10-12-14-16-18-20-22-24-25-26-27-29-31-33-35-37-39-41-47(51)46(45-56-57(53,54)55-44-43-50(3,4)5)49-48(52)42-40-38-36-34-32-30-28-23-21-19-17-15-13-11-9-7-2/h39,41,46-47,51H,6-38,40,42-45H2,1-5H3,(H-,49,52,53,54)/b41-39+. The molecule has 0 bridgehead atoms. The SMILES string of the molecule is CCCCCCCCCCCCCCCCCCC/C=C/C(O)C(COP(=O)([O-])OCC[N+](C)(C)C)NC(=O)CCCCCCCCCCCCCCCCCC. The van der Waals surface area contributed by atoms with E-state index in [1.165, 1.54) is 180 Å². The molecule has 0 aliphatic carbocycles. The van der Waals surface area contributed by atoms with Crippen molar-refractivity contribution in [3.8, 4) is 0 Å². The Labute approximate surface area is 354 Å². The lowest BCUT2D eigenvalue weighted by Crippen LogP contribution is -2.45. The van der Waals surface area contributed by atoms with Crippen molar-refractivity contribution in [2.75, 3.05) is 40.9 Å². The molecule has 0 aliphatic heterocycles. The van der Waals surface area contributed by atoms with E-state index in [4.69, 9.17) is 9.05 Å². The van der Waals surface area contributed by atoms with Crippen LogP contribution in [0.3, 0.4) is 0 Å². The van der Waals surface area contributed by atoms with Gasteiger partial charge in [0.05, 0.1) is 39.9 Å². The van der Waals surface area contributed by atoms with Gasteiger partial charge in [-0.3, -0.25) is 9.36 Å². The maximum Gasteiger partial charge on any atom is 0.268 e. The number of nitrogens with zero attached hydrogens (tertiary/aromatic N) is 1. The summed E-state index contributed by atoms with van der Waals surface area (Å²) in [5.41, 5.74) is 0. The number of allylic oxidation sites excluding steroid dienone is 1. The van der Waals surface area contributed by atoms with Gasteiger partial charge in [0.1, 0.15) is 13.2 Å². The summed E-state index contributed by atoms with van der Waals surface area (Å²) in [6, 6.07) is -0.880. The zero-order valence-corrected chi connectivity index (χ0v) is 39.5. The Morgan fingerprint density at radius 3 is 1.32 bits per heavy atom. The number of likely N-dealkylation sites (N-methyl/N-ethyl adjacent to an activating group) is 1. The number of amides is 1. The van der Waals surface area contributed by atoms with Gasteiger partial charge < -0.3 is 28.8 Å². The van der Waals surface area contributed by atoms with Crippen LogP contribution in [0.1, 0.15) is 239 Å². The van der Waals surface area contributed by atoms with Crippen LogP contribution < -0.4 is 10.2 Å². The van der Waals surface area contributed by atoms with E-state index in [0.29, 0.717) is 17.4 Å². The quantitative estimate of drug-likeness (QED) is 0.0274. The van der Waals surface area contributed by atoms with Gasteiger partial charge in [-0.05, 0) is 19.3 Å². The molecule has 0 heterocycles. The number of hydrogen-bond donors (Lipinski definition) is 2. The second-order valence-corrected chi connectivity index (χ2v) is 19.6. The van der Waals surface area contributed by atoms with Gasteiger partial charge in [-0.15, -0.1) is 0 Å². The molecule has 3 unspecified atom stereocenters. The predicted molar refractivity (Wildman–Crippen MR) is 242 cm³/mol. The van der Waals surface area contributed by atoms with Crippen LogP contribution in [0.15, 0.2) is 12.2 Å². The van der Waals surface area contributed by atoms with Gasteiger partial charge in [0, 0.05) is 6.42 Å². The highest BCUT2D eigenvalue weighted by Crippen LogP contribution is 2.38. The highest BCUT2D eigenvalue weighted by Gasteiger charge is 2.23. The summed E-state index contributed by atoms with van der Waals surface area (Å²) in [6.45, 7) is 4.68. The van der Waals surface area contributed by atoms with Gasteiger partial charge in [-0.2, -0.15) is 0 Å². The van der Waals surface area contributed by atoms with E-state index in [-0.39, 0.29) is 19.1 Å². The van der Waals surface area contributed by atoms with Crippen LogP contribution in [0.25, 0.3) is 0 Å². The molecule has 57 heavy (non-hydrogen) atoms. The molecule has 9 heteroatoms. The molecular weight excluding hydrogens is 732 g/mol. The van der Waals surface area contributed by atoms with Crippen LogP contribution in [0.2, 0.25) is 0 Å². The number of rotatable bonds is 45. The fourth-order valence-electron chi connectivity index (χ4n) is 7.33. The average Bonchev–Trinajstić information content (AvgIpc) is 3.16. The van der Waals surface area contributed by atoms with Crippen LogP contribution in [0.5, 0.6) is 0 Å². The number of nitrogens with one attached hydrogen (secondary N) is 1. The van der Waals surface area contributed by atoms with Crippen molar-refractivity contribution >= 4 is 13.7 Å². The van der Waals surface area contributed by atoms with Crippen molar-refractivity contribution in [3.05, 3.63) is 12.2 Å². The summed E-state index contributed by atoms with van der Waals surface area (Å²) in [5.74, 6) is -0.193. The third-order valence-corrected chi connectivity index (χ3v) is 12.2. The fraction of sp³-hybridized carbons (Fsp3) is 0.938. The summed E-state index contributed by atoms with van der Waals surface area (Å²) in [5, 5.41) is 13.8. The monoisotopic (exact) mass is 829 g/mol. The Hall–Kier alpha value is -0.760. The van der Waals surface area contributed by atoms with E-state index < -0.39 is 20.0 Å². The number of carbonyl (C=O) groups is 1. The topological polar surface area (TPSA) is 108 Å². The molecule has 3 atom stereocenters. The zero-order valence-electron chi connectivity index (χ0n) is 38.6. The lowest BCUT2D eigenvalue weighted by Gasteiger charge is -2.29. The van der Waals surface area contributed by atoms with Crippen LogP contribution in [0.4, 0.5) is 0 Å². The summed E-state index contributed by atoms with van der Waals surface area (Å²) in [6.07, 6.45) is 46.8. The average molecular weight is 829 g/mol. The maximum absolute atomic E-state index is 12.9. The van der Waals surface area contributed by atoms with Gasteiger partial charge >= 0.3 is 0 Å². The lowest BCUT2D eigenvalue weighted by molar-refractivity contribution is -0.870. The van der Waals surface area contributed by atoms with Crippen molar-refractivity contribution in [2.24, 2.45) is 0 Å². The number of phosphoric acid groups is 1. The van der Waals surface area contributed by atoms with Crippen LogP contribution in [-0.2, 0) is 18.4 Å². The van der Waals surface area contributed by atoms with E-state index in [9.17, 15) is 19.4 Å². The minimum absolute atomic E-state index is 0.00235. The molecule has 8 nitrogen and oxygen atoms in total. The Bertz CT molecular complexity index is 942. The molecule has 2 N–H and O–H groups in total. The third kappa shape index (κ3) is 43.1. The summed E-state index contributed by atoms with van der Waals surface area (Å²) < 4.78 is 23.3. The molecule has 0 rings (SSSR count). The number of phosphoric ester groups is 1. The van der Waals surface area contributed by atoms with Gasteiger partial charge in [0.25, 0.3) is 7.82 Å². The largest absolute Gasteiger partial charge is 0.756 e. The number of carbonyl (C=O) groups excluding carboxylic acids is 1. The number of quaternary nitrogens is 1. The normalized spacial score (nSPS) is 14.3. The minimum atomic E-state index is -4.58. The minimum Gasteiger partial charge on any atom is -0.756 e. The number of unbranched alkanes of at least 4 members (excludes halogenated alkanes) is 32. The molecule has 0 aromatic rings. The van der Waals surface area contributed by atoms with E-state index >= 15 is 0 Å². The van der Waals surface area contributed by atoms with Crippen LogP contribution >= 0.6 is 7.82 Å². The van der Waals surface area contributed by atoms with E-state index in [2.05, 4.69) is 19.2 Å².